The van der Waals surface area contributed by atoms with Gasteiger partial charge in [-0.15, -0.1) is 0 Å². The van der Waals surface area contributed by atoms with E-state index in [0.717, 1.165) is 0 Å². The van der Waals surface area contributed by atoms with Gasteiger partial charge in [0.15, 0.2) is 23.0 Å². The van der Waals surface area contributed by atoms with Crippen molar-refractivity contribution in [3.8, 4) is 23.0 Å². The molecule has 1 aliphatic rings. The number of methoxy groups -OCH3 is 1. The number of para-hydroxylation sites is 4. The maximum absolute atomic E-state index is 6.00. The van der Waals surface area contributed by atoms with Crippen molar-refractivity contribution in [2.45, 2.75) is 6.10 Å². The molecule has 3 rings (SSSR count). The molecule has 206 valence electrons. The van der Waals surface area contributed by atoms with Crippen molar-refractivity contribution in [3.63, 3.8) is 0 Å². The molecule has 0 amide bonds. The molecule has 2 aromatic carbocycles. The number of rotatable bonds is 4. The van der Waals surface area contributed by atoms with Crippen LogP contribution in [0.2, 0.25) is 0 Å². The molecule has 0 fully saturated rings. The van der Waals surface area contributed by atoms with Gasteiger partial charge in [-0.3, -0.25) is 0 Å². The largest absolute Gasteiger partial charge is 0.487 e. The van der Waals surface area contributed by atoms with E-state index >= 15 is 0 Å². The van der Waals surface area contributed by atoms with Crippen LogP contribution >= 0.6 is 0 Å². The van der Waals surface area contributed by atoms with Crippen LogP contribution in [0.3, 0.4) is 0 Å². The average Bonchev–Trinajstić information content (AvgIpc) is 2.92. The van der Waals surface area contributed by atoms with E-state index in [1.807, 2.05) is 48.5 Å². The third kappa shape index (κ3) is 12.0. The van der Waals surface area contributed by atoms with E-state index in [2.05, 4.69) is 0 Å². The van der Waals surface area contributed by atoms with Gasteiger partial charge in [0.05, 0.1) is 52.9 Å². The Balaban J connectivity index is 1.53. The van der Waals surface area contributed by atoms with Crippen LogP contribution in [0.15, 0.2) is 48.5 Å². The van der Waals surface area contributed by atoms with Crippen LogP contribution in [-0.4, -0.2) is 99.3 Å². The first-order valence-electron chi connectivity index (χ1n) is 12.5. The first-order valence-corrected chi connectivity index (χ1v) is 12.5. The highest BCUT2D eigenvalue weighted by molar-refractivity contribution is 5.40. The van der Waals surface area contributed by atoms with Gasteiger partial charge in [-0.25, -0.2) is 0 Å². The minimum atomic E-state index is -0.319. The Morgan fingerprint density at radius 2 is 1.03 bits per heavy atom. The van der Waals surface area contributed by atoms with Crippen molar-refractivity contribution in [3.05, 3.63) is 48.5 Å². The molecule has 0 aliphatic carbocycles. The van der Waals surface area contributed by atoms with Gasteiger partial charge in [-0.2, -0.15) is 0 Å². The molecule has 10 heteroatoms. The predicted octanol–water partition coefficient (Wildman–Crippen LogP) is 2.97. The average molecular weight is 523 g/mol. The van der Waals surface area contributed by atoms with E-state index in [1.54, 1.807) is 7.11 Å². The van der Waals surface area contributed by atoms with Crippen LogP contribution in [0.25, 0.3) is 0 Å². The van der Waals surface area contributed by atoms with Crippen LogP contribution in [0.5, 0.6) is 23.0 Å². The molecule has 2 aromatic rings. The maximum atomic E-state index is 6.00. The lowest BCUT2D eigenvalue weighted by atomic mass is 10.3. The summed E-state index contributed by atoms with van der Waals surface area (Å²) >= 11 is 0. The summed E-state index contributed by atoms with van der Waals surface area (Å²) in [6.45, 7) is 4.91. The molecular formula is C27H38O10. The van der Waals surface area contributed by atoms with Crippen LogP contribution in [0.4, 0.5) is 0 Å². The molecule has 0 saturated heterocycles. The zero-order valence-corrected chi connectivity index (χ0v) is 21.5. The number of ether oxygens (including phenoxy) is 10. The van der Waals surface area contributed by atoms with Crippen molar-refractivity contribution in [2.75, 3.05) is 93.2 Å². The highest BCUT2D eigenvalue weighted by Crippen LogP contribution is 2.27. The summed E-state index contributed by atoms with van der Waals surface area (Å²) in [6.07, 6.45) is -0.319. The van der Waals surface area contributed by atoms with E-state index in [0.29, 0.717) is 95.7 Å². The van der Waals surface area contributed by atoms with Gasteiger partial charge < -0.3 is 47.4 Å². The van der Waals surface area contributed by atoms with Crippen molar-refractivity contribution in [1.82, 2.24) is 0 Å². The fourth-order valence-corrected chi connectivity index (χ4v) is 3.30. The molecule has 37 heavy (non-hydrogen) atoms. The second kappa shape index (κ2) is 18.6. The summed E-state index contributed by atoms with van der Waals surface area (Å²) in [7, 11) is 1.57. The van der Waals surface area contributed by atoms with Crippen molar-refractivity contribution >= 4 is 0 Å². The van der Waals surface area contributed by atoms with Gasteiger partial charge >= 0.3 is 0 Å². The van der Waals surface area contributed by atoms with E-state index in [9.17, 15) is 0 Å². The molecule has 0 radical (unpaired) electrons. The highest BCUT2D eigenvalue weighted by Gasteiger charge is 2.13. The minimum Gasteiger partial charge on any atom is -0.487 e. The fourth-order valence-electron chi connectivity index (χ4n) is 3.30. The second-order valence-electron chi connectivity index (χ2n) is 7.86. The predicted molar refractivity (Wildman–Crippen MR) is 135 cm³/mol. The third-order valence-corrected chi connectivity index (χ3v) is 5.04. The van der Waals surface area contributed by atoms with Gasteiger partial charge in [0.1, 0.15) is 39.3 Å². The van der Waals surface area contributed by atoms with E-state index in [-0.39, 0.29) is 19.5 Å². The first kappa shape index (κ1) is 29.0. The van der Waals surface area contributed by atoms with Crippen LogP contribution < -0.4 is 18.9 Å². The summed E-state index contributed by atoms with van der Waals surface area (Å²) in [5.41, 5.74) is 0. The summed E-state index contributed by atoms with van der Waals surface area (Å²) in [6, 6.07) is 15.0. The Bertz CT molecular complexity index is 849. The lowest BCUT2D eigenvalue weighted by Crippen LogP contribution is -2.29. The van der Waals surface area contributed by atoms with E-state index in [4.69, 9.17) is 47.4 Å². The Morgan fingerprint density at radius 1 is 0.595 bits per heavy atom. The van der Waals surface area contributed by atoms with Gasteiger partial charge in [0.25, 0.3) is 0 Å². The SMILES string of the molecule is COCOC[C@H]1COc2ccccc2OCCOCCOCCOc2ccccc2OCCOCCO1. The molecule has 1 atom stereocenters. The maximum Gasteiger partial charge on any atom is 0.161 e. The smallest absolute Gasteiger partial charge is 0.161 e. The second-order valence-corrected chi connectivity index (χ2v) is 7.86. The van der Waals surface area contributed by atoms with Crippen LogP contribution in [-0.2, 0) is 28.4 Å². The molecule has 0 aromatic heterocycles. The Hall–Kier alpha value is -2.60. The van der Waals surface area contributed by atoms with Gasteiger partial charge in [-0.1, -0.05) is 24.3 Å². The highest BCUT2D eigenvalue weighted by atomic mass is 16.7. The lowest BCUT2D eigenvalue weighted by molar-refractivity contribution is -0.0956. The summed E-state index contributed by atoms with van der Waals surface area (Å²) in [5.74, 6) is 2.58. The monoisotopic (exact) mass is 522 g/mol. The Labute approximate surface area is 218 Å². The van der Waals surface area contributed by atoms with Crippen molar-refractivity contribution in [1.29, 1.82) is 0 Å². The Kier molecular flexibility index (Phi) is 14.6. The van der Waals surface area contributed by atoms with E-state index < -0.39 is 0 Å². The minimum absolute atomic E-state index is 0.170. The summed E-state index contributed by atoms with van der Waals surface area (Å²) in [4.78, 5) is 0. The van der Waals surface area contributed by atoms with Crippen molar-refractivity contribution in [2.24, 2.45) is 0 Å². The fraction of sp³-hybridized carbons (Fsp3) is 0.556. The van der Waals surface area contributed by atoms with Gasteiger partial charge in [0.2, 0.25) is 0 Å². The zero-order chi connectivity index (χ0) is 25.8. The quantitative estimate of drug-likeness (QED) is 0.441. The van der Waals surface area contributed by atoms with Crippen LogP contribution in [0.1, 0.15) is 0 Å². The standard InChI is InChI=1S/C27H38O10/c1-28-22-32-20-23-21-37-27-9-5-4-8-26(27)36-18-14-30-11-10-29-13-17-34-24-6-2-3-7-25(24)35-19-15-31-12-16-33-23/h2-9,23H,10-22H2,1H3/t23-/m0/s1. The summed E-state index contributed by atoms with van der Waals surface area (Å²) < 4.78 is 56.7. The molecule has 0 N–H and O–H groups in total. The first-order chi connectivity index (χ1) is 18.4. The molecule has 1 heterocycles. The zero-order valence-electron chi connectivity index (χ0n) is 21.5. The van der Waals surface area contributed by atoms with Gasteiger partial charge in [-0.05, 0) is 24.3 Å². The number of hydrogen-bond donors (Lipinski definition) is 0. The molecule has 1 aliphatic heterocycles. The molecular weight excluding hydrogens is 484 g/mol. The molecule has 10 nitrogen and oxygen atoms in total. The number of hydrogen-bond acceptors (Lipinski definition) is 10. The molecule has 0 saturated carbocycles. The number of benzene rings is 2. The van der Waals surface area contributed by atoms with Gasteiger partial charge in [0, 0.05) is 7.11 Å². The lowest BCUT2D eigenvalue weighted by Gasteiger charge is -2.20. The van der Waals surface area contributed by atoms with Crippen LogP contribution in [0, 0.1) is 0 Å². The normalized spacial score (nSPS) is 19.4. The van der Waals surface area contributed by atoms with Crippen molar-refractivity contribution < 1.29 is 47.4 Å². The molecule has 0 bridgehead atoms. The Morgan fingerprint density at radius 3 is 1.51 bits per heavy atom. The molecule has 0 unspecified atom stereocenters. The third-order valence-electron chi connectivity index (χ3n) is 5.04. The number of fused-ring (bicyclic) bond motifs is 2. The topological polar surface area (TPSA) is 92.3 Å². The summed E-state index contributed by atoms with van der Waals surface area (Å²) in [5, 5.41) is 0. The van der Waals surface area contributed by atoms with E-state index in [1.165, 1.54) is 0 Å². The molecule has 0 spiro atoms.